The predicted octanol–water partition coefficient (Wildman–Crippen LogP) is 2.05. The van der Waals surface area contributed by atoms with Crippen LogP contribution in [0.2, 0.25) is 0 Å². The van der Waals surface area contributed by atoms with Gasteiger partial charge in [0, 0.05) is 12.6 Å². The Morgan fingerprint density at radius 2 is 2.17 bits per heavy atom. The van der Waals surface area contributed by atoms with Gasteiger partial charge in [0.15, 0.2) is 0 Å². The molecule has 0 aliphatic carbocycles. The SMILES string of the molecule is COc1cccc(-c2cc(C(=O)N(C)Cc3nonc3C)[nH]n2)c1. The van der Waals surface area contributed by atoms with Gasteiger partial charge in [0.05, 0.1) is 19.3 Å². The molecule has 3 rings (SSSR count). The molecule has 1 aromatic carbocycles. The van der Waals surface area contributed by atoms with Crippen molar-refractivity contribution in [2.45, 2.75) is 13.5 Å². The van der Waals surface area contributed by atoms with Gasteiger partial charge in [0.1, 0.15) is 22.8 Å². The lowest BCUT2D eigenvalue weighted by Crippen LogP contribution is -2.27. The number of H-pyrrole nitrogens is 1. The average Bonchev–Trinajstić information content (AvgIpc) is 3.24. The number of aromatic nitrogens is 4. The van der Waals surface area contributed by atoms with Crippen LogP contribution in [-0.2, 0) is 6.54 Å². The Morgan fingerprint density at radius 1 is 1.33 bits per heavy atom. The first kappa shape index (κ1) is 15.7. The number of carbonyl (C=O) groups is 1. The van der Waals surface area contributed by atoms with Crippen LogP contribution in [0.3, 0.4) is 0 Å². The number of amides is 1. The van der Waals surface area contributed by atoms with Crippen molar-refractivity contribution in [3.8, 4) is 17.0 Å². The lowest BCUT2D eigenvalue weighted by molar-refractivity contribution is 0.0776. The van der Waals surface area contributed by atoms with Gasteiger partial charge in [0.25, 0.3) is 5.91 Å². The summed E-state index contributed by atoms with van der Waals surface area (Å²) < 4.78 is 9.85. The fourth-order valence-electron chi connectivity index (χ4n) is 2.26. The quantitative estimate of drug-likeness (QED) is 0.770. The standard InChI is InChI=1S/C16H17N5O3/c1-10-15(20-24-19-10)9-21(2)16(22)14-8-13(17-18-14)11-5-4-6-12(7-11)23-3/h4-8H,9H2,1-3H3,(H,17,18). The molecular formula is C16H17N5O3. The maximum atomic E-state index is 12.5. The van der Waals surface area contributed by atoms with E-state index >= 15 is 0 Å². The summed E-state index contributed by atoms with van der Waals surface area (Å²) >= 11 is 0. The van der Waals surface area contributed by atoms with Gasteiger partial charge in [-0.15, -0.1) is 0 Å². The smallest absolute Gasteiger partial charge is 0.271 e. The third-order valence-corrected chi connectivity index (χ3v) is 3.65. The zero-order chi connectivity index (χ0) is 17.1. The molecule has 1 amide bonds. The summed E-state index contributed by atoms with van der Waals surface area (Å²) in [7, 11) is 3.29. The third kappa shape index (κ3) is 3.12. The van der Waals surface area contributed by atoms with E-state index in [-0.39, 0.29) is 5.91 Å². The van der Waals surface area contributed by atoms with E-state index in [0.29, 0.717) is 29.3 Å². The Bertz CT molecular complexity index is 855. The lowest BCUT2D eigenvalue weighted by Gasteiger charge is -2.14. The zero-order valence-corrected chi connectivity index (χ0v) is 13.6. The van der Waals surface area contributed by atoms with E-state index < -0.39 is 0 Å². The summed E-state index contributed by atoms with van der Waals surface area (Å²) in [6, 6.07) is 9.20. The number of aryl methyl sites for hydroxylation is 1. The summed E-state index contributed by atoms with van der Waals surface area (Å²) in [6.07, 6.45) is 0. The van der Waals surface area contributed by atoms with E-state index in [2.05, 4.69) is 25.1 Å². The molecule has 0 aliphatic rings. The summed E-state index contributed by atoms with van der Waals surface area (Å²) in [5.74, 6) is 0.536. The maximum absolute atomic E-state index is 12.5. The first-order valence-corrected chi connectivity index (χ1v) is 7.32. The highest BCUT2D eigenvalue weighted by Crippen LogP contribution is 2.23. The molecule has 0 saturated carbocycles. The molecule has 0 fully saturated rings. The van der Waals surface area contributed by atoms with Crippen molar-refractivity contribution in [3.05, 3.63) is 47.4 Å². The molecule has 2 aromatic heterocycles. The first-order chi connectivity index (χ1) is 11.6. The normalized spacial score (nSPS) is 10.6. The van der Waals surface area contributed by atoms with Gasteiger partial charge in [-0.1, -0.05) is 22.4 Å². The molecule has 8 nitrogen and oxygen atoms in total. The Kier molecular flexibility index (Phi) is 4.28. The molecule has 0 saturated heterocycles. The Hall–Kier alpha value is -3.16. The summed E-state index contributed by atoms with van der Waals surface area (Å²) in [4.78, 5) is 14.0. The number of rotatable bonds is 5. The molecule has 0 atom stereocenters. The number of benzene rings is 1. The van der Waals surface area contributed by atoms with Gasteiger partial charge in [-0.3, -0.25) is 9.89 Å². The Labute approximate surface area is 138 Å². The minimum Gasteiger partial charge on any atom is -0.497 e. The number of hydrogen-bond donors (Lipinski definition) is 1. The van der Waals surface area contributed by atoms with Crippen molar-refractivity contribution < 1.29 is 14.2 Å². The van der Waals surface area contributed by atoms with Crippen molar-refractivity contribution >= 4 is 5.91 Å². The molecule has 0 spiro atoms. The summed E-state index contributed by atoms with van der Waals surface area (Å²) in [5.41, 5.74) is 3.22. The predicted molar refractivity (Wildman–Crippen MR) is 85.4 cm³/mol. The molecule has 0 radical (unpaired) electrons. The second-order valence-corrected chi connectivity index (χ2v) is 5.36. The molecular weight excluding hydrogens is 310 g/mol. The molecule has 1 N–H and O–H groups in total. The van der Waals surface area contributed by atoms with Gasteiger partial charge < -0.3 is 9.64 Å². The Balaban J connectivity index is 1.76. The second kappa shape index (κ2) is 6.53. The van der Waals surface area contributed by atoms with Crippen molar-refractivity contribution in [1.29, 1.82) is 0 Å². The zero-order valence-electron chi connectivity index (χ0n) is 13.6. The molecule has 0 aliphatic heterocycles. The molecule has 0 bridgehead atoms. The number of aromatic amines is 1. The van der Waals surface area contributed by atoms with E-state index in [1.807, 2.05) is 24.3 Å². The van der Waals surface area contributed by atoms with Crippen LogP contribution in [0, 0.1) is 6.92 Å². The molecule has 3 aromatic rings. The first-order valence-electron chi connectivity index (χ1n) is 7.32. The van der Waals surface area contributed by atoms with E-state index in [9.17, 15) is 4.79 Å². The van der Waals surface area contributed by atoms with Crippen molar-refractivity contribution in [2.24, 2.45) is 0 Å². The summed E-state index contributed by atoms with van der Waals surface area (Å²) in [6.45, 7) is 2.09. The van der Waals surface area contributed by atoms with E-state index in [1.165, 1.54) is 4.90 Å². The van der Waals surface area contributed by atoms with Gasteiger partial charge in [-0.25, -0.2) is 4.63 Å². The minimum atomic E-state index is -0.195. The second-order valence-electron chi connectivity index (χ2n) is 5.36. The van der Waals surface area contributed by atoms with E-state index in [0.717, 1.165) is 11.3 Å². The fraction of sp³-hybridized carbons (Fsp3) is 0.250. The van der Waals surface area contributed by atoms with Crippen molar-refractivity contribution in [3.63, 3.8) is 0 Å². The highest BCUT2D eigenvalue weighted by molar-refractivity contribution is 5.93. The average molecular weight is 327 g/mol. The van der Waals surface area contributed by atoms with Crippen LogP contribution in [0.5, 0.6) is 5.75 Å². The van der Waals surface area contributed by atoms with E-state index in [1.54, 1.807) is 27.1 Å². The molecule has 0 unspecified atom stereocenters. The fourth-order valence-corrected chi connectivity index (χ4v) is 2.26. The molecule has 8 heteroatoms. The van der Waals surface area contributed by atoms with Crippen LogP contribution >= 0.6 is 0 Å². The number of hydrogen-bond acceptors (Lipinski definition) is 6. The molecule has 124 valence electrons. The lowest BCUT2D eigenvalue weighted by atomic mass is 10.1. The highest BCUT2D eigenvalue weighted by atomic mass is 16.6. The van der Waals surface area contributed by atoms with Crippen LogP contribution in [0.1, 0.15) is 21.9 Å². The van der Waals surface area contributed by atoms with Gasteiger partial charge >= 0.3 is 0 Å². The molecule has 2 heterocycles. The van der Waals surface area contributed by atoms with Gasteiger partial charge in [0.2, 0.25) is 0 Å². The third-order valence-electron chi connectivity index (χ3n) is 3.65. The van der Waals surface area contributed by atoms with Crippen LogP contribution < -0.4 is 4.74 Å². The highest BCUT2D eigenvalue weighted by Gasteiger charge is 2.18. The monoisotopic (exact) mass is 327 g/mol. The Morgan fingerprint density at radius 3 is 2.88 bits per heavy atom. The maximum Gasteiger partial charge on any atom is 0.271 e. The van der Waals surface area contributed by atoms with Crippen molar-refractivity contribution in [2.75, 3.05) is 14.2 Å². The van der Waals surface area contributed by atoms with Crippen LogP contribution in [0.15, 0.2) is 35.0 Å². The number of nitrogens with one attached hydrogen (secondary N) is 1. The van der Waals surface area contributed by atoms with Gasteiger partial charge in [-0.2, -0.15) is 5.10 Å². The summed E-state index contributed by atoms with van der Waals surface area (Å²) in [5, 5.41) is 14.5. The van der Waals surface area contributed by atoms with E-state index in [4.69, 9.17) is 4.74 Å². The number of carbonyl (C=O) groups excluding carboxylic acids is 1. The number of methoxy groups -OCH3 is 1. The topological polar surface area (TPSA) is 97.1 Å². The minimum absolute atomic E-state index is 0.195. The van der Waals surface area contributed by atoms with Crippen LogP contribution in [0.25, 0.3) is 11.3 Å². The van der Waals surface area contributed by atoms with Gasteiger partial charge in [-0.05, 0) is 25.1 Å². The van der Waals surface area contributed by atoms with Crippen molar-refractivity contribution in [1.82, 2.24) is 25.4 Å². The number of ether oxygens (including phenoxy) is 1. The largest absolute Gasteiger partial charge is 0.497 e. The molecule has 24 heavy (non-hydrogen) atoms. The van der Waals surface area contributed by atoms with Crippen LogP contribution in [-0.4, -0.2) is 45.5 Å². The number of nitrogens with zero attached hydrogens (tertiary/aromatic N) is 4. The van der Waals surface area contributed by atoms with Crippen LogP contribution in [0.4, 0.5) is 0 Å².